The van der Waals surface area contributed by atoms with Gasteiger partial charge in [0.05, 0.1) is 37.6 Å². The van der Waals surface area contributed by atoms with Gasteiger partial charge in [-0.3, -0.25) is 0 Å². The molecule has 42 heavy (non-hydrogen) atoms. The molecule has 3 saturated heterocycles. The minimum atomic E-state index is -0.790. The van der Waals surface area contributed by atoms with E-state index in [1.165, 1.54) is 0 Å². The van der Waals surface area contributed by atoms with Gasteiger partial charge in [0, 0.05) is 15.7 Å². The van der Waals surface area contributed by atoms with Crippen molar-refractivity contribution in [1.29, 1.82) is 0 Å². The van der Waals surface area contributed by atoms with Gasteiger partial charge in [-0.05, 0) is 43.0 Å². The fourth-order valence-corrected chi connectivity index (χ4v) is 6.72. The van der Waals surface area contributed by atoms with Gasteiger partial charge in [0.1, 0.15) is 17.6 Å². The Balaban J connectivity index is 0.00000129. The van der Waals surface area contributed by atoms with Crippen molar-refractivity contribution in [2.24, 2.45) is 17.0 Å². The van der Waals surface area contributed by atoms with E-state index in [1.807, 2.05) is 69.3 Å². The molecule has 3 fully saturated rings. The molecule has 226 valence electrons. The summed E-state index contributed by atoms with van der Waals surface area (Å²) in [5.74, 6) is -0.132. The molecule has 0 aromatic heterocycles. The number of nitrogens with zero attached hydrogens (tertiary/aromatic N) is 3. The Morgan fingerprint density at radius 1 is 0.952 bits per heavy atom. The van der Waals surface area contributed by atoms with Gasteiger partial charge in [0.2, 0.25) is 0 Å². The highest BCUT2D eigenvalue weighted by molar-refractivity contribution is 7.99. The van der Waals surface area contributed by atoms with E-state index in [2.05, 4.69) is 29.1 Å². The van der Waals surface area contributed by atoms with Gasteiger partial charge in [-0.1, -0.05) is 79.3 Å². The number of rotatable bonds is 8. The van der Waals surface area contributed by atoms with Crippen molar-refractivity contribution in [2.75, 3.05) is 6.61 Å². The molecule has 3 aliphatic rings. The monoisotopic (exact) mass is 599 g/mol. The molecule has 0 bridgehead atoms. The summed E-state index contributed by atoms with van der Waals surface area (Å²) in [6.45, 7) is 8.82. The molecule has 11 atom stereocenters. The molecule has 0 radical (unpaired) electrons. The molecule has 0 saturated carbocycles. The average molecular weight is 600 g/mol. The number of fused-ring (bicyclic) bond motifs is 1. The highest BCUT2D eigenvalue weighted by atomic mass is 32.2. The maximum absolute atomic E-state index is 9.37. The van der Waals surface area contributed by atoms with E-state index in [9.17, 15) is 5.53 Å². The van der Waals surface area contributed by atoms with Gasteiger partial charge in [0.25, 0.3) is 0 Å². The highest BCUT2D eigenvalue weighted by Gasteiger charge is 2.51. The quantitative estimate of drug-likeness (QED) is 0.223. The first-order chi connectivity index (χ1) is 20.4. The number of azide groups is 1. The summed E-state index contributed by atoms with van der Waals surface area (Å²) in [5, 5.41) is 4.09. The van der Waals surface area contributed by atoms with Crippen molar-refractivity contribution in [3.05, 3.63) is 76.7 Å². The normalized spacial score (nSPS) is 35.9. The third-order valence-corrected chi connectivity index (χ3v) is 9.01. The summed E-state index contributed by atoms with van der Waals surface area (Å²) in [6, 6.07) is 19.8. The van der Waals surface area contributed by atoms with Crippen LogP contribution in [-0.2, 0) is 44.6 Å². The van der Waals surface area contributed by atoms with Crippen LogP contribution in [0, 0.1) is 11.8 Å². The summed E-state index contributed by atoms with van der Waals surface area (Å²) in [7, 11) is 0. The minimum absolute atomic E-state index is 0.00556. The van der Waals surface area contributed by atoms with Crippen molar-refractivity contribution >= 4 is 17.9 Å². The van der Waals surface area contributed by atoms with Gasteiger partial charge in [-0.15, -0.1) is 0 Å². The second kappa shape index (κ2) is 15.6. The second-order valence-corrected chi connectivity index (χ2v) is 11.7. The lowest BCUT2D eigenvalue weighted by Crippen LogP contribution is -2.62. The largest absolute Gasteiger partial charge is 0.373 e. The summed E-state index contributed by atoms with van der Waals surface area (Å²) in [5.41, 5.74) is 10.3. The molecule has 0 N–H and O–H groups in total. The Bertz CT molecular complexity index is 1200. The molecular formula is C30H37N3O8S. The second-order valence-electron chi connectivity index (χ2n) is 10.5. The van der Waals surface area contributed by atoms with Crippen molar-refractivity contribution < 1.29 is 38.0 Å². The van der Waals surface area contributed by atoms with E-state index in [4.69, 9.17) is 38.0 Å². The lowest BCUT2D eigenvalue weighted by Gasteiger charge is -2.50. The zero-order valence-corrected chi connectivity index (χ0v) is 24.9. The van der Waals surface area contributed by atoms with Crippen molar-refractivity contribution in [1.82, 2.24) is 0 Å². The molecule has 5 unspecified atom stereocenters. The van der Waals surface area contributed by atoms with E-state index in [0.717, 1.165) is 10.5 Å². The predicted octanol–water partition coefficient (Wildman–Crippen LogP) is 5.35. The fraction of sp³-hybridized carbons (Fsp3) is 0.567. The van der Waals surface area contributed by atoms with Crippen LogP contribution in [0.15, 0.2) is 70.7 Å². The molecule has 0 amide bonds. The summed E-state index contributed by atoms with van der Waals surface area (Å²) in [4.78, 5) is 20.5. The molecule has 0 aliphatic carbocycles. The van der Waals surface area contributed by atoms with Gasteiger partial charge >= 0.3 is 6.15 Å². The number of carbonyl (C=O) groups excluding carboxylic acids is 2. The average Bonchev–Trinajstić information content (AvgIpc) is 2.99. The lowest BCUT2D eigenvalue weighted by atomic mass is 9.88. The van der Waals surface area contributed by atoms with Gasteiger partial charge in [-0.25, -0.2) is 0 Å². The molecule has 2 aromatic rings. The van der Waals surface area contributed by atoms with Crippen LogP contribution in [-0.4, -0.2) is 67.3 Å². The van der Waals surface area contributed by atoms with Crippen LogP contribution in [0.5, 0.6) is 0 Å². The topological polar surface area (TPSA) is 138 Å². The first-order valence-electron chi connectivity index (χ1n) is 14.0. The maximum atomic E-state index is 9.37. The third-order valence-electron chi connectivity index (χ3n) is 7.69. The number of ether oxygens (including phenoxy) is 6. The zero-order chi connectivity index (χ0) is 30.1. The molecule has 11 nitrogen and oxygen atoms in total. The van der Waals surface area contributed by atoms with Crippen LogP contribution in [0.2, 0.25) is 0 Å². The van der Waals surface area contributed by atoms with Crippen molar-refractivity contribution in [3.8, 4) is 0 Å². The van der Waals surface area contributed by atoms with E-state index >= 15 is 0 Å². The van der Waals surface area contributed by atoms with Crippen LogP contribution in [0.3, 0.4) is 0 Å². The number of hydrogen-bond acceptors (Lipinski definition) is 10. The van der Waals surface area contributed by atoms with Crippen LogP contribution < -0.4 is 0 Å². The van der Waals surface area contributed by atoms with Gasteiger partial charge < -0.3 is 28.4 Å². The van der Waals surface area contributed by atoms with Gasteiger partial charge in [0.15, 0.2) is 12.6 Å². The van der Waals surface area contributed by atoms with Crippen molar-refractivity contribution in [3.63, 3.8) is 0 Å². The Kier molecular flexibility index (Phi) is 12.0. The van der Waals surface area contributed by atoms with Crippen LogP contribution in [0.1, 0.15) is 33.3 Å². The summed E-state index contributed by atoms with van der Waals surface area (Å²) >= 11 is 1.69. The SMILES string of the molecule is CC1OCC2O[C@@H](O[C@@H]3C(C)O[C@@H](Sc4ccccc4)C(C)[C@@H]3OCc3ccccc3)C(N=[N+]=[N-])[C@@H](C)[C@@H]2O1.O=C=O. The Labute approximate surface area is 249 Å². The Hall–Kier alpha value is -2.76. The first-order valence-corrected chi connectivity index (χ1v) is 14.9. The third kappa shape index (κ3) is 7.99. The maximum Gasteiger partial charge on any atom is 0.373 e. The molecule has 3 heterocycles. The Morgan fingerprint density at radius 2 is 1.62 bits per heavy atom. The zero-order valence-electron chi connectivity index (χ0n) is 24.1. The smallest absolute Gasteiger partial charge is 0.370 e. The summed E-state index contributed by atoms with van der Waals surface area (Å²) < 4.78 is 37.8. The lowest BCUT2D eigenvalue weighted by molar-refractivity contribution is -0.345. The van der Waals surface area contributed by atoms with E-state index < -0.39 is 18.4 Å². The molecule has 12 heteroatoms. The minimum Gasteiger partial charge on any atom is -0.370 e. The van der Waals surface area contributed by atoms with E-state index in [0.29, 0.717) is 13.2 Å². The Morgan fingerprint density at radius 3 is 2.29 bits per heavy atom. The number of benzene rings is 2. The van der Waals surface area contributed by atoms with Gasteiger partial charge in [-0.2, -0.15) is 9.59 Å². The molecule has 3 aliphatic heterocycles. The highest BCUT2D eigenvalue weighted by Crippen LogP contribution is 2.41. The standard InChI is InChI=1S/C29H37N3O6S.CO2/c1-17-24(31-32-30)28(37-23-16-33-20(4)36-25(17)23)38-27-19(3)35-29(39-22-13-9-6-10-14-22)18(2)26(27)34-15-21-11-7-5-8-12-21;2-1-3/h5-14,17-20,23-29H,15-16H2,1-4H3;/t17-,18?,19?,20?,23?,24?,25+,26+,27-,28+,29+;/m1./s1. The van der Waals surface area contributed by atoms with Crippen LogP contribution in [0.25, 0.3) is 10.4 Å². The molecule has 5 rings (SSSR count). The first kappa shape index (κ1) is 32.2. The molecular weight excluding hydrogens is 562 g/mol. The predicted molar refractivity (Wildman–Crippen MR) is 152 cm³/mol. The summed E-state index contributed by atoms with van der Waals surface area (Å²) in [6.07, 6.45) is -2.51. The van der Waals surface area contributed by atoms with E-state index in [1.54, 1.807) is 11.8 Å². The molecule has 2 aromatic carbocycles. The van der Waals surface area contributed by atoms with Crippen molar-refractivity contribution in [2.45, 2.75) is 93.8 Å². The number of thioether (sulfide) groups is 1. The van der Waals surface area contributed by atoms with Crippen LogP contribution in [0.4, 0.5) is 0 Å². The van der Waals surface area contributed by atoms with Crippen LogP contribution >= 0.6 is 11.8 Å². The fourth-order valence-electron chi connectivity index (χ4n) is 5.54. The number of hydrogen-bond donors (Lipinski definition) is 0. The van der Waals surface area contributed by atoms with E-state index in [-0.39, 0.29) is 54.1 Å². The molecule has 0 spiro atoms.